The van der Waals surface area contributed by atoms with Crippen LogP contribution in [0.3, 0.4) is 0 Å². The Labute approximate surface area is 162 Å². The molecule has 1 aliphatic rings. The minimum Gasteiger partial charge on any atom is -0.462 e. The molecule has 0 fully saturated rings. The number of fused-ring (bicyclic) bond motifs is 1. The fourth-order valence-corrected chi connectivity index (χ4v) is 2.97. The molecule has 2 rings (SSSR count). The summed E-state index contributed by atoms with van der Waals surface area (Å²) in [5.41, 5.74) is -7.16. The molecule has 0 aliphatic carbocycles. The predicted octanol–water partition coefficient (Wildman–Crippen LogP) is 3.56. The van der Waals surface area contributed by atoms with Gasteiger partial charge in [0, 0.05) is 12.2 Å². The number of rotatable bonds is 4. The number of ether oxygens (including phenoxy) is 1. The molecule has 2 heterocycles. The third-order valence-electron chi connectivity index (χ3n) is 3.50. The summed E-state index contributed by atoms with van der Waals surface area (Å²) in [6, 6.07) is 0. The average molecular weight is 429 g/mol. The van der Waals surface area contributed by atoms with Crippen LogP contribution in [0.15, 0.2) is 4.79 Å². The standard InChI is InChI=1S/C13H14F3NO6S.2C2H6/c1-3-22-12(19)9-8-5-4-6-17(8)11(18)7(2)10(9)23-24(20,21)13(14,15)16;2*1-2/h3-6H2,1-2H3;2*1-2H3. The third-order valence-corrected chi connectivity index (χ3v) is 4.45. The highest BCUT2D eigenvalue weighted by atomic mass is 32.2. The molecule has 0 amide bonds. The Balaban J connectivity index is 0.00000171. The molecule has 0 N–H and O–H groups in total. The fraction of sp³-hybridized carbons (Fsp3) is 0.647. The van der Waals surface area contributed by atoms with E-state index in [2.05, 4.69) is 4.18 Å². The number of hydrogen-bond acceptors (Lipinski definition) is 6. The molecular weight excluding hydrogens is 403 g/mol. The van der Waals surface area contributed by atoms with Crippen molar-refractivity contribution in [3.63, 3.8) is 0 Å². The van der Waals surface area contributed by atoms with Gasteiger partial charge < -0.3 is 13.5 Å². The second kappa shape index (κ2) is 10.5. The van der Waals surface area contributed by atoms with Gasteiger partial charge in [0.25, 0.3) is 5.56 Å². The zero-order valence-electron chi connectivity index (χ0n) is 16.8. The second-order valence-corrected chi connectivity index (χ2v) is 6.58. The van der Waals surface area contributed by atoms with Gasteiger partial charge in [-0.1, -0.05) is 27.7 Å². The van der Waals surface area contributed by atoms with Crippen molar-refractivity contribution < 1.29 is 35.3 Å². The van der Waals surface area contributed by atoms with E-state index in [0.29, 0.717) is 6.42 Å². The van der Waals surface area contributed by atoms with Crippen LogP contribution in [0, 0.1) is 6.92 Å². The van der Waals surface area contributed by atoms with Crippen molar-refractivity contribution in [2.24, 2.45) is 0 Å². The van der Waals surface area contributed by atoms with Gasteiger partial charge in [-0.3, -0.25) is 4.79 Å². The van der Waals surface area contributed by atoms with Gasteiger partial charge in [-0.15, -0.1) is 0 Å². The quantitative estimate of drug-likeness (QED) is 0.413. The number of hydrogen-bond donors (Lipinski definition) is 0. The Hall–Kier alpha value is -2.04. The first-order chi connectivity index (χ1) is 13.0. The van der Waals surface area contributed by atoms with Gasteiger partial charge in [-0.2, -0.15) is 21.6 Å². The number of carbonyl (C=O) groups is 1. The van der Waals surface area contributed by atoms with E-state index in [4.69, 9.17) is 4.74 Å². The van der Waals surface area contributed by atoms with Crippen molar-refractivity contribution in [1.82, 2.24) is 4.57 Å². The van der Waals surface area contributed by atoms with Crippen molar-refractivity contribution >= 4 is 16.1 Å². The summed E-state index contributed by atoms with van der Waals surface area (Å²) in [4.78, 5) is 24.3. The number of aromatic nitrogens is 1. The van der Waals surface area contributed by atoms with Gasteiger partial charge in [-0.05, 0) is 26.7 Å². The predicted molar refractivity (Wildman–Crippen MR) is 98.0 cm³/mol. The summed E-state index contributed by atoms with van der Waals surface area (Å²) in [5.74, 6) is -1.97. The molecule has 0 aromatic carbocycles. The van der Waals surface area contributed by atoms with Crippen LogP contribution in [-0.4, -0.2) is 31.1 Å². The van der Waals surface area contributed by atoms with Crippen LogP contribution in [-0.2, 0) is 27.8 Å². The molecule has 0 saturated carbocycles. The molecule has 0 radical (unpaired) electrons. The molecule has 1 aromatic heterocycles. The Morgan fingerprint density at radius 2 is 1.71 bits per heavy atom. The van der Waals surface area contributed by atoms with Crippen molar-refractivity contribution in [3.8, 4) is 5.75 Å². The highest BCUT2D eigenvalue weighted by molar-refractivity contribution is 7.88. The number of nitrogens with zero attached hydrogens (tertiary/aromatic N) is 1. The number of halogens is 3. The lowest BCUT2D eigenvalue weighted by Crippen LogP contribution is -2.32. The van der Waals surface area contributed by atoms with E-state index in [0.717, 1.165) is 6.92 Å². The normalized spacial score (nSPS) is 12.8. The molecule has 0 bridgehead atoms. The summed E-state index contributed by atoms with van der Waals surface area (Å²) in [5, 5.41) is 0. The number of esters is 1. The third kappa shape index (κ3) is 5.27. The molecule has 0 saturated heterocycles. The average Bonchev–Trinajstić information content (AvgIpc) is 3.11. The fourth-order valence-electron chi connectivity index (χ4n) is 2.45. The summed E-state index contributed by atoms with van der Waals surface area (Å²) in [6.07, 6.45) is 0.697. The maximum absolute atomic E-state index is 12.6. The Morgan fingerprint density at radius 3 is 2.18 bits per heavy atom. The monoisotopic (exact) mass is 429 g/mol. The summed E-state index contributed by atoms with van der Waals surface area (Å²) in [7, 11) is -6.03. The van der Waals surface area contributed by atoms with Crippen molar-refractivity contribution in [2.45, 2.75) is 66.4 Å². The van der Waals surface area contributed by atoms with Gasteiger partial charge in [-0.25, -0.2) is 4.79 Å². The smallest absolute Gasteiger partial charge is 0.462 e. The Kier molecular flexibility index (Phi) is 9.73. The first kappa shape index (κ1) is 26.0. The zero-order valence-corrected chi connectivity index (χ0v) is 17.6. The minimum atomic E-state index is -6.03. The van der Waals surface area contributed by atoms with Crippen LogP contribution in [0.2, 0.25) is 0 Å². The summed E-state index contributed by atoms with van der Waals surface area (Å²) >= 11 is 0. The van der Waals surface area contributed by atoms with Crippen LogP contribution < -0.4 is 9.74 Å². The first-order valence-corrected chi connectivity index (χ1v) is 10.4. The summed E-state index contributed by atoms with van der Waals surface area (Å²) in [6.45, 7) is 10.8. The van der Waals surface area contributed by atoms with Crippen molar-refractivity contribution in [2.75, 3.05) is 6.61 Å². The lowest BCUT2D eigenvalue weighted by atomic mass is 10.1. The second-order valence-electron chi connectivity index (χ2n) is 5.04. The van der Waals surface area contributed by atoms with Crippen LogP contribution in [0.25, 0.3) is 0 Å². The van der Waals surface area contributed by atoms with E-state index in [1.807, 2.05) is 27.7 Å². The summed E-state index contributed by atoms with van der Waals surface area (Å²) < 4.78 is 70.5. The minimum absolute atomic E-state index is 0.0814. The molecule has 7 nitrogen and oxygen atoms in total. The van der Waals surface area contributed by atoms with E-state index in [9.17, 15) is 31.2 Å². The number of alkyl halides is 3. The molecular formula is C17H26F3NO6S. The molecule has 1 aliphatic heterocycles. The molecule has 162 valence electrons. The Bertz CT molecular complexity index is 844. The van der Waals surface area contributed by atoms with Gasteiger partial charge in [0.2, 0.25) is 0 Å². The van der Waals surface area contributed by atoms with Gasteiger partial charge in [0.1, 0.15) is 5.56 Å². The van der Waals surface area contributed by atoms with Gasteiger partial charge in [0.05, 0.1) is 12.2 Å². The van der Waals surface area contributed by atoms with Crippen molar-refractivity contribution in [1.29, 1.82) is 0 Å². The molecule has 0 atom stereocenters. The van der Waals surface area contributed by atoms with E-state index in [-0.39, 0.29) is 25.3 Å². The largest absolute Gasteiger partial charge is 0.534 e. The lowest BCUT2D eigenvalue weighted by molar-refractivity contribution is -0.0500. The maximum Gasteiger partial charge on any atom is 0.534 e. The van der Waals surface area contributed by atoms with Gasteiger partial charge in [0.15, 0.2) is 5.75 Å². The van der Waals surface area contributed by atoms with Crippen LogP contribution >= 0.6 is 0 Å². The van der Waals surface area contributed by atoms with E-state index in [1.54, 1.807) is 0 Å². The zero-order chi connectivity index (χ0) is 22.3. The molecule has 28 heavy (non-hydrogen) atoms. The lowest BCUT2D eigenvalue weighted by Gasteiger charge is -2.17. The topological polar surface area (TPSA) is 91.7 Å². The van der Waals surface area contributed by atoms with Crippen LogP contribution in [0.4, 0.5) is 13.2 Å². The number of pyridine rings is 1. The van der Waals surface area contributed by atoms with E-state index in [1.165, 1.54) is 11.5 Å². The maximum atomic E-state index is 12.6. The SMILES string of the molecule is CC.CC.CCOC(=O)c1c(OS(=O)(=O)C(F)(F)F)c(C)c(=O)n2c1CCC2. The van der Waals surface area contributed by atoms with Crippen LogP contribution in [0.5, 0.6) is 5.75 Å². The molecule has 1 aromatic rings. The molecule has 0 spiro atoms. The number of carbonyl (C=O) groups excluding carboxylic acids is 1. The van der Waals surface area contributed by atoms with E-state index >= 15 is 0 Å². The highest BCUT2D eigenvalue weighted by Crippen LogP contribution is 2.34. The van der Waals surface area contributed by atoms with E-state index < -0.39 is 44.0 Å². The van der Waals surface area contributed by atoms with Gasteiger partial charge >= 0.3 is 21.6 Å². The van der Waals surface area contributed by atoms with Crippen molar-refractivity contribution in [3.05, 3.63) is 27.2 Å². The van der Waals surface area contributed by atoms with Crippen LogP contribution in [0.1, 0.15) is 62.7 Å². The highest BCUT2D eigenvalue weighted by Gasteiger charge is 2.49. The Morgan fingerprint density at radius 1 is 1.18 bits per heavy atom. The first-order valence-electron chi connectivity index (χ1n) is 8.95. The molecule has 11 heteroatoms. The molecule has 0 unspecified atom stereocenters.